The lowest BCUT2D eigenvalue weighted by Gasteiger charge is -2.38. The Morgan fingerprint density at radius 2 is 1.85 bits per heavy atom. The van der Waals surface area contributed by atoms with E-state index in [1.54, 1.807) is 6.07 Å². The van der Waals surface area contributed by atoms with Crippen LogP contribution in [0, 0.1) is 6.92 Å². The summed E-state index contributed by atoms with van der Waals surface area (Å²) in [5.74, 6) is -0.985. The highest BCUT2D eigenvalue weighted by Crippen LogP contribution is 2.45. The van der Waals surface area contributed by atoms with Crippen LogP contribution in [0.3, 0.4) is 0 Å². The normalized spacial score (nSPS) is 20.5. The Balaban J connectivity index is 1.45. The first-order valence-electron chi connectivity index (χ1n) is 11.5. The third-order valence-electron chi connectivity index (χ3n) is 6.97. The molecule has 1 amide bonds. The molecular formula is C23H19F6N3O5S2. The maximum atomic E-state index is 13.5. The Labute approximate surface area is 220 Å². The summed E-state index contributed by atoms with van der Waals surface area (Å²) in [4.78, 5) is 18.8. The molecule has 5 rings (SSSR count). The van der Waals surface area contributed by atoms with E-state index in [1.807, 2.05) is 0 Å². The van der Waals surface area contributed by atoms with Crippen molar-refractivity contribution >= 4 is 38.0 Å². The lowest BCUT2D eigenvalue weighted by molar-refractivity contribution is -0.0448. The molecule has 16 heteroatoms. The third-order valence-corrected chi connectivity index (χ3v) is 9.08. The number of hydrogen-bond donors (Lipinski definition) is 0. The number of benzene rings is 2. The van der Waals surface area contributed by atoms with Crippen LogP contribution in [0.15, 0.2) is 36.7 Å². The molecule has 3 atom stereocenters. The van der Waals surface area contributed by atoms with E-state index in [4.69, 9.17) is 0 Å². The molecule has 39 heavy (non-hydrogen) atoms. The van der Waals surface area contributed by atoms with Crippen molar-refractivity contribution in [2.24, 2.45) is 0 Å². The van der Waals surface area contributed by atoms with Gasteiger partial charge in [0.15, 0.2) is 0 Å². The second-order valence-electron chi connectivity index (χ2n) is 9.29. The van der Waals surface area contributed by atoms with E-state index in [0.717, 1.165) is 11.6 Å². The topological polar surface area (TPSA) is 98.6 Å². The highest BCUT2D eigenvalue weighted by molar-refractivity contribution is 7.90. The summed E-state index contributed by atoms with van der Waals surface area (Å²) in [5.41, 5.74) is -9.34. The molecule has 0 bridgehead atoms. The molecule has 2 aliphatic rings. The van der Waals surface area contributed by atoms with Gasteiger partial charge in [-0.2, -0.15) is 34.8 Å². The SMILES string of the molecule is Cc1cc2c(cc1OS(=O)C(F)(F)F)C1CCCN(C(=O)c3ccc4ncn(S(=O)(=O)C(F)(F)F)c4c3)C1C2. The van der Waals surface area contributed by atoms with Gasteiger partial charge in [0.25, 0.3) is 5.91 Å². The Hall–Kier alpha value is -3.14. The van der Waals surface area contributed by atoms with Gasteiger partial charge < -0.3 is 9.08 Å². The number of hydrogen-bond acceptors (Lipinski definition) is 6. The second-order valence-corrected chi connectivity index (χ2v) is 12.2. The van der Waals surface area contributed by atoms with Crippen LogP contribution < -0.4 is 4.18 Å². The number of alkyl halides is 6. The molecule has 1 aliphatic carbocycles. The fourth-order valence-corrected chi connectivity index (χ4v) is 6.48. The predicted molar refractivity (Wildman–Crippen MR) is 127 cm³/mol. The summed E-state index contributed by atoms with van der Waals surface area (Å²) >= 11 is -3.55. The quantitative estimate of drug-likeness (QED) is 0.411. The number of carbonyl (C=O) groups excluding carboxylic acids is 1. The van der Waals surface area contributed by atoms with E-state index in [2.05, 4.69) is 9.17 Å². The van der Waals surface area contributed by atoms with E-state index in [1.165, 1.54) is 30.0 Å². The molecule has 3 aromatic rings. The maximum absolute atomic E-state index is 13.5. The van der Waals surface area contributed by atoms with E-state index < -0.39 is 49.6 Å². The van der Waals surface area contributed by atoms with Crippen molar-refractivity contribution in [1.29, 1.82) is 0 Å². The smallest absolute Gasteiger partial charge is 0.394 e. The summed E-state index contributed by atoms with van der Waals surface area (Å²) in [7, 11) is -5.78. The van der Waals surface area contributed by atoms with Gasteiger partial charge >= 0.3 is 32.1 Å². The van der Waals surface area contributed by atoms with E-state index >= 15 is 0 Å². The van der Waals surface area contributed by atoms with Crippen molar-refractivity contribution in [2.75, 3.05) is 6.54 Å². The van der Waals surface area contributed by atoms with E-state index in [9.17, 15) is 43.8 Å². The lowest BCUT2D eigenvalue weighted by Crippen LogP contribution is -2.46. The maximum Gasteiger partial charge on any atom is 0.517 e. The Morgan fingerprint density at radius 1 is 1.13 bits per heavy atom. The van der Waals surface area contributed by atoms with Crippen molar-refractivity contribution in [1.82, 2.24) is 13.9 Å². The fourth-order valence-electron chi connectivity index (χ4n) is 5.24. The molecule has 1 aliphatic heterocycles. The van der Waals surface area contributed by atoms with E-state index in [0.29, 0.717) is 43.3 Å². The van der Waals surface area contributed by atoms with Gasteiger partial charge in [-0.15, -0.1) is 0 Å². The highest BCUT2D eigenvalue weighted by atomic mass is 32.2. The van der Waals surface area contributed by atoms with Crippen LogP contribution in [0.2, 0.25) is 0 Å². The lowest BCUT2D eigenvalue weighted by atomic mass is 9.88. The zero-order valence-corrected chi connectivity index (χ0v) is 21.5. The Kier molecular flexibility index (Phi) is 6.48. The zero-order valence-electron chi connectivity index (χ0n) is 19.9. The van der Waals surface area contributed by atoms with Gasteiger partial charge in [0.1, 0.15) is 12.1 Å². The molecule has 3 unspecified atom stereocenters. The number of piperidine rings is 1. The average molecular weight is 596 g/mol. The average Bonchev–Trinajstić information content (AvgIpc) is 3.43. The molecule has 0 spiro atoms. The van der Waals surface area contributed by atoms with Crippen molar-refractivity contribution in [3.8, 4) is 5.75 Å². The second kappa shape index (κ2) is 9.21. The van der Waals surface area contributed by atoms with Crippen LogP contribution in [0.4, 0.5) is 26.3 Å². The van der Waals surface area contributed by atoms with Crippen LogP contribution in [-0.4, -0.2) is 56.0 Å². The molecule has 210 valence electrons. The number of carbonyl (C=O) groups is 1. The van der Waals surface area contributed by atoms with Crippen LogP contribution >= 0.6 is 0 Å². The van der Waals surface area contributed by atoms with Crippen LogP contribution in [0.5, 0.6) is 5.75 Å². The number of fused-ring (bicyclic) bond motifs is 4. The van der Waals surface area contributed by atoms with Crippen molar-refractivity contribution in [2.45, 2.75) is 49.2 Å². The first-order chi connectivity index (χ1) is 18.1. The summed E-state index contributed by atoms with van der Waals surface area (Å²) in [6, 6.07) is 6.29. The van der Waals surface area contributed by atoms with Crippen LogP contribution in [0.1, 0.15) is 45.8 Å². The minimum absolute atomic E-state index is 0.0151. The van der Waals surface area contributed by atoms with Gasteiger partial charge in [0.2, 0.25) is 0 Å². The van der Waals surface area contributed by atoms with Gasteiger partial charge in [0, 0.05) is 24.1 Å². The molecule has 2 heterocycles. The van der Waals surface area contributed by atoms with Crippen molar-refractivity contribution < 1.29 is 47.9 Å². The molecule has 0 saturated carbocycles. The van der Waals surface area contributed by atoms with Gasteiger partial charge in [-0.25, -0.2) is 13.2 Å². The molecule has 2 aromatic carbocycles. The molecule has 1 aromatic heterocycles. The number of likely N-dealkylation sites (tertiary alicyclic amines) is 1. The Bertz CT molecular complexity index is 1620. The monoisotopic (exact) mass is 595 g/mol. The molecule has 1 saturated heterocycles. The summed E-state index contributed by atoms with van der Waals surface area (Å²) < 4.78 is 118. The van der Waals surface area contributed by atoms with Crippen LogP contribution in [-0.2, 0) is 27.5 Å². The number of aryl methyl sites for hydroxylation is 1. The molecular weight excluding hydrogens is 576 g/mol. The predicted octanol–water partition coefficient (Wildman–Crippen LogP) is 4.55. The summed E-state index contributed by atoms with van der Waals surface area (Å²) in [6.07, 6.45) is 2.05. The van der Waals surface area contributed by atoms with Gasteiger partial charge in [-0.3, -0.25) is 4.79 Å². The minimum Gasteiger partial charge on any atom is -0.394 e. The number of aromatic nitrogens is 2. The number of halogens is 6. The van der Waals surface area contributed by atoms with Gasteiger partial charge in [-0.05, 0) is 67.1 Å². The number of imidazole rings is 1. The third kappa shape index (κ3) is 4.66. The van der Waals surface area contributed by atoms with Crippen molar-refractivity contribution in [3.63, 3.8) is 0 Å². The fraction of sp³-hybridized carbons (Fsp3) is 0.391. The largest absolute Gasteiger partial charge is 0.517 e. The highest BCUT2D eigenvalue weighted by Gasteiger charge is 2.48. The molecule has 1 fully saturated rings. The molecule has 0 radical (unpaired) electrons. The standard InChI is InChI=1S/C23H19F6N3O5S2/c1-12-7-14-9-18-15(16(14)10-20(12)37-38(34)22(24,25)26)3-2-6-31(18)21(33)13-4-5-17-19(8-13)32(11-30-17)39(35,36)23(27,28)29/h4-5,7-8,10-11,15,18H,2-3,6,9H2,1H3. The number of nitrogens with zero attached hydrogens (tertiary/aromatic N) is 3. The van der Waals surface area contributed by atoms with Gasteiger partial charge in [-0.1, -0.05) is 6.07 Å². The van der Waals surface area contributed by atoms with E-state index in [-0.39, 0.29) is 26.7 Å². The van der Waals surface area contributed by atoms with Crippen LogP contribution in [0.25, 0.3) is 11.0 Å². The Morgan fingerprint density at radius 3 is 2.51 bits per heavy atom. The first kappa shape index (κ1) is 27.4. The number of amides is 1. The minimum atomic E-state index is -5.78. The number of rotatable bonds is 4. The first-order valence-corrected chi connectivity index (χ1v) is 14.0. The van der Waals surface area contributed by atoms with Crippen molar-refractivity contribution in [3.05, 3.63) is 58.9 Å². The molecule has 8 nitrogen and oxygen atoms in total. The molecule has 0 N–H and O–H groups in total. The summed E-state index contributed by atoms with van der Waals surface area (Å²) in [5, 5.41) is 0. The zero-order chi connectivity index (χ0) is 28.5. The van der Waals surface area contributed by atoms with Gasteiger partial charge in [0.05, 0.1) is 11.0 Å². The summed E-state index contributed by atoms with van der Waals surface area (Å²) in [6.45, 7) is 1.83.